The van der Waals surface area contributed by atoms with Gasteiger partial charge in [-0.05, 0) is 62.2 Å². The van der Waals surface area contributed by atoms with Crippen LogP contribution >= 0.6 is 0 Å². The molecule has 0 heterocycles. The molecule has 0 spiro atoms. The van der Waals surface area contributed by atoms with Crippen LogP contribution in [-0.2, 0) is 4.74 Å². The Balaban J connectivity index is 1.66. The van der Waals surface area contributed by atoms with Crippen molar-refractivity contribution in [3.63, 3.8) is 0 Å². The standard InChI is InChI=1S/C16H30O2/c1-11(2)13-5-7-16(9-13)18-10-12(3)14-4-6-15(17)8-14/h11-17H,4-10H2,1-3H3/t12?,13-,14-,15-,16+/m1/s1. The average molecular weight is 254 g/mol. The van der Waals surface area contributed by atoms with E-state index in [-0.39, 0.29) is 6.10 Å². The zero-order chi connectivity index (χ0) is 13.1. The van der Waals surface area contributed by atoms with Crippen molar-refractivity contribution in [2.75, 3.05) is 6.61 Å². The Morgan fingerprint density at radius 2 is 1.72 bits per heavy atom. The van der Waals surface area contributed by atoms with E-state index in [1.807, 2.05) is 0 Å². The largest absolute Gasteiger partial charge is 0.393 e. The molecule has 0 amide bonds. The number of hydrogen-bond donors (Lipinski definition) is 1. The molecule has 0 bridgehead atoms. The Bertz CT molecular complexity index is 251. The molecule has 0 aromatic rings. The van der Waals surface area contributed by atoms with Gasteiger partial charge in [0.05, 0.1) is 12.2 Å². The fraction of sp³-hybridized carbons (Fsp3) is 1.00. The van der Waals surface area contributed by atoms with Crippen LogP contribution in [-0.4, -0.2) is 23.9 Å². The molecule has 1 unspecified atom stereocenters. The molecule has 2 nitrogen and oxygen atoms in total. The van der Waals surface area contributed by atoms with Gasteiger partial charge >= 0.3 is 0 Å². The van der Waals surface area contributed by atoms with E-state index in [2.05, 4.69) is 20.8 Å². The lowest BCUT2D eigenvalue weighted by Crippen LogP contribution is -2.20. The summed E-state index contributed by atoms with van der Waals surface area (Å²) in [4.78, 5) is 0. The van der Waals surface area contributed by atoms with Gasteiger partial charge in [0, 0.05) is 6.61 Å². The Labute approximate surface area is 112 Å². The topological polar surface area (TPSA) is 29.5 Å². The monoisotopic (exact) mass is 254 g/mol. The highest BCUT2D eigenvalue weighted by Gasteiger charge is 2.30. The molecule has 2 fully saturated rings. The van der Waals surface area contributed by atoms with Crippen LogP contribution in [0.2, 0.25) is 0 Å². The number of aliphatic hydroxyl groups excluding tert-OH is 1. The van der Waals surface area contributed by atoms with Crippen LogP contribution in [0.3, 0.4) is 0 Å². The molecule has 2 heteroatoms. The van der Waals surface area contributed by atoms with Crippen LogP contribution in [0, 0.1) is 23.7 Å². The fourth-order valence-electron chi connectivity index (χ4n) is 3.66. The van der Waals surface area contributed by atoms with Crippen LogP contribution in [0.25, 0.3) is 0 Å². The summed E-state index contributed by atoms with van der Waals surface area (Å²) in [5.74, 6) is 2.97. The van der Waals surface area contributed by atoms with E-state index in [9.17, 15) is 5.11 Å². The predicted molar refractivity (Wildman–Crippen MR) is 74.4 cm³/mol. The van der Waals surface area contributed by atoms with E-state index in [4.69, 9.17) is 4.74 Å². The summed E-state index contributed by atoms with van der Waals surface area (Å²) in [6.45, 7) is 7.84. The molecule has 2 rings (SSSR count). The van der Waals surface area contributed by atoms with E-state index >= 15 is 0 Å². The first-order valence-electron chi connectivity index (χ1n) is 7.86. The Morgan fingerprint density at radius 3 is 2.28 bits per heavy atom. The molecule has 2 aliphatic rings. The molecule has 2 aliphatic carbocycles. The third kappa shape index (κ3) is 3.71. The second-order valence-corrected chi connectivity index (χ2v) is 6.98. The van der Waals surface area contributed by atoms with E-state index in [1.54, 1.807) is 0 Å². The summed E-state index contributed by atoms with van der Waals surface area (Å²) in [6.07, 6.45) is 7.49. The average Bonchev–Trinajstić information content (AvgIpc) is 2.94. The second kappa shape index (κ2) is 6.38. The number of aliphatic hydroxyl groups is 1. The molecule has 0 aromatic heterocycles. The zero-order valence-corrected chi connectivity index (χ0v) is 12.3. The molecule has 2 saturated carbocycles. The summed E-state index contributed by atoms with van der Waals surface area (Å²) < 4.78 is 6.11. The number of hydrogen-bond acceptors (Lipinski definition) is 2. The van der Waals surface area contributed by atoms with Gasteiger partial charge in [0.25, 0.3) is 0 Å². The maximum absolute atomic E-state index is 9.58. The van der Waals surface area contributed by atoms with Gasteiger partial charge in [-0.2, -0.15) is 0 Å². The first-order valence-corrected chi connectivity index (χ1v) is 7.86. The molecule has 106 valence electrons. The summed E-state index contributed by atoms with van der Waals surface area (Å²) in [7, 11) is 0. The highest BCUT2D eigenvalue weighted by molar-refractivity contribution is 4.81. The lowest BCUT2D eigenvalue weighted by molar-refractivity contribution is 0.0196. The molecule has 18 heavy (non-hydrogen) atoms. The smallest absolute Gasteiger partial charge is 0.0578 e. The van der Waals surface area contributed by atoms with Crippen LogP contribution < -0.4 is 0 Å². The first-order chi connectivity index (χ1) is 8.56. The Kier molecular flexibility index (Phi) is 5.08. The van der Waals surface area contributed by atoms with Gasteiger partial charge in [-0.25, -0.2) is 0 Å². The third-order valence-electron chi connectivity index (χ3n) is 5.21. The summed E-state index contributed by atoms with van der Waals surface area (Å²) in [6, 6.07) is 0. The molecule has 0 aromatic carbocycles. The normalized spacial score (nSPS) is 38.5. The van der Waals surface area contributed by atoms with Gasteiger partial charge in [0.15, 0.2) is 0 Å². The van der Waals surface area contributed by atoms with E-state index in [0.29, 0.717) is 17.9 Å². The quantitative estimate of drug-likeness (QED) is 0.812. The summed E-state index contributed by atoms with van der Waals surface area (Å²) in [5, 5.41) is 9.58. The van der Waals surface area contributed by atoms with Crippen molar-refractivity contribution < 1.29 is 9.84 Å². The van der Waals surface area contributed by atoms with Crippen molar-refractivity contribution >= 4 is 0 Å². The zero-order valence-electron chi connectivity index (χ0n) is 12.3. The van der Waals surface area contributed by atoms with Crippen molar-refractivity contribution in [2.24, 2.45) is 23.7 Å². The van der Waals surface area contributed by atoms with Gasteiger partial charge in [0.1, 0.15) is 0 Å². The number of rotatable bonds is 5. The molecule has 1 N–H and O–H groups in total. The van der Waals surface area contributed by atoms with Gasteiger partial charge in [-0.1, -0.05) is 20.8 Å². The predicted octanol–water partition coefficient (Wildman–Crippen LogP) is 3.62. The van der Waals surface area contributed by atoms with Gasteiger partial charge in [-0.15, -0.1) is 0 Å². The van der Waals surface area contributed by atoms with E-state index in [1.165, 1.54) is 25.7 Å². The third-order valence-corrected chi connectivity index (χ3v) is 5.21. The second-order valence-electron chi connectivity index (χ2n) is 6.98. The fourth-order valence-corrected chi connectivity index (χ4v) is 3.66. The highest BCUT2D eigenvalue weighted by Crippen LogP contribution is 2.35. The minimum Gasteiger partial charge on any atom is -0.393 e. The van der Waals surface area contributed by atoms with Crippen LogP contribution in [0.4, 0.5) is 0 Å². The van der Waals surface area contributed by atoms with Crippen molar-refractivity contribution in [1.82, 2.24) is 0 Å². The maximum Gasteiger partial charge on any atom is 0.0578 e. The lowest BCUT2D eigenvalue weighted by Gasteiger charge is -2.22. The van der Waals surface area contributed by atoms with Crippen molar-refractivity contribution in [1.29, 1.82) is 0 Å². The van der Waals surface area contributed by atoms with Gasteiger partial charge in [0.2, 0.25) is 0 Å². The van der Waals surface area contributed by atoms with Crippen LogP contribution in [0.5, 0.6) is 0 Å². The van der Waals surface area contributed by atoms with Gasteiger partial charge < -0.3 is 9.84 Å². The number of ether oxygens (including phenoxy) is 1. The minimum atomic E-state index is -0.0470. The van der Waals surface area contributed by atoms with Crippen molar-refractivity contribution in [3.05, 3.63) is 0 Å². The molecular formula is C16H30O2. The molecule has 0 aliphatic heterocycles. The SMILES string of the molecule is CC(C)[C@@H]1CC[C@H](OCC(C)[C@@H]2CC[C@@H](O)C2)C1. The molecular weight excluding hydrogens is 224 g/mol. The Hall–Kier alpha value is -0.0800. The van der Waals surface area contributed by atoms with Crippen molar-refractivity contribution in [2.45, 2.75) is 71.5 Å². The van der Waals surface area contributed by atoms with Crippen molar-refractivity contribution in [3.8, 4) is 0 Å². The Morgan fingerprint density at radius 1 is 1.00 bits per heavy atom. The summed E-state index contributed by atoms with van der Waals surface area (Å²) in [5.41, 5.74) is 0. The first kappa shape index (κ1) is 14.3. The molecule has 0 saturated heterocycles. The maximum atomic E-state index is 9.58. The molecule has 0 radical (unpaired) electrons. The van der Waals surface area contributed by atoms with Gasteiger partial charge in [-0.3, -0.25) is 0 Å². The minimum absolute atomic E-state index is 0.0470. The lowest BCUT2D eigenvalue weighted by atomic mass is 9.93. The van der Waals surface area contributed by atoms with Crippen LogP contribution in [0.15, 0.2) is 0 Å². The van der Waals surface area contributed by atoms with E-state index < -0.39 is 0 Å². The van der Waals surface area contributed by atoms with E-state index in [0.717, 1.165) is 31.3 Å². The summed E-state index contributed by atoms with van der Waals surface area (Å²) >= 11 is 0. The molecule has 5 atom stereocenters. The van der Waals surface area contributed by atoms with Crippen LogP contribution in [0.1, 0.15) is 59.3 Å². The highest BCUT2D eigenvalue weighted by atomic mass is 16.5.